The number of imidazole rings is 1. The molecular formula is C23H13F8N5O. The second kappa shape index (κ2) is 8.71. The Kier molecular flexibility index (Phi) is 5.76. The fraction of sp³-hybridized carbons (Fsp3) is 0.174. The zero-order valence-corrected chi connectivity index (χ0v) is 18.3. The van der Waals surface area contributed by atoms with Crippen LogP contribution in [0, 0.1) is 11.6 Å². The first-order chi connectivity index (χ1) is 17.4. The van der Waals surface area contributed by atoms with Crippen LogP contribution in [-0.2, 0) is 25.4 Å². The molecule has 0 unspecified atom stereocenters. The molecule has 0 saturated carbocycles. The number of hydrogen-bond acceptors (Lipinski definition) is 5. The number of aromatic nitrogens is 3. The summed E-state index contributed by atoms with van der Waals surface area (Å²) in [7, 11) is 0. The van der Waals surface area contributed by atoms with E-state index in [1.54, 1.807) is 0 Å². The molecule has 0 amide bonds. The number of rotatable bonds is 4. The largest absolute Gasteiger partial charge is 0.417 e. The summed E-state index contributed by atoms with van der Waals surface area (Å²) in [6.45, 7) is 0.0491. The summed E-state index contributed by atoms with van der Waals surface area (Å²) in [6.07, 6.45) is -8.67. The third-order valence-corrected chi connectivity index (χ3v) is 5.50. The van der Waals surface area contributed by atoms with Gasteiger partial charge in [-0.1, -0.05) is 11.2 Å². The molecule has 1 aliphatic heterocycles. The summed E-state index contributed by atoms with van der Waals surface area (Å²) >= 11 is 0. The average molecular weight is 527 g/mol. The van der Waals surface area contributed by atoms with Crippen LogP contribution in [0.3, 0.4) is 0 Å². The third-order valence-electron chi connectivity index (χ3n) is 5.50. The second-order valence-corrected chi connectivity index (χ2v) is 8.07. The Morgan fingerprint density at radius 3 is 2.43 bits per heavy atom. The molecule has 0 fully saturated rings. The summed E-state index contributed by atoms with van der Waals surface area (Å²) in [6, 6.07) is 5.35. The topological polar surface area (TPSA) is 70.3 Å². The van der Waals surface area contributed by atoms with Crippen molar-refractivity contribution in [3.63, 3.8) is 0 Å². The van der Waals surface area contributed by atoms with E-state index in [9.17, 15) is 35.1 Å². The lowest BCUT2D eigenvalue weighted by Crippen LogP contribution is -2.21. The van der Waals surface area contributed by atoms with Gasteiger partial charge in [0.05, 0.1) is 41.7 Å². The van der Waals surface area contributed by atoms with Crippen molar-refractivity contribution in [1.82, 2.24) is 20.1 Å². The lowest BCUT2D eigenvalue weighted by atomic mass is 10.0. The number of hydrogen-bond donors (Lipinski definition) is 1. The summed E-state index contributed by atoms with van der Waals surface area (Å²) in [5.41, 5.74) is -3.01. The molecule has 5 rings (SSSR count). The number of nitrogens with zero attached hydrogens (tertiary/aromatic N) is 4. The van der Waals surface area contributed by atoms with Crippen LogP contribution in [0.5, 0.6) is 0 Å². The van der Waals surface area contributed by atoms with Crippen molar-refractivity contribution in [1.29, 1.82) is 0 Å². The highest BCUT2D eigenvalue weighted by atomic mass is 19.4. The van der Waals surface area contributed by atoms with Crippen molar-refractivity contribution < 1.29 is 39.6 Å². The minimum absolute atomic E-state index is 0.0252. The Morgan fingerprint density at radius 1 is 0.919 bits per heavy atom. The second-order valence-electron chi connectivity index (χ2n) is 8.07. The average Bonchev–Trinajstić information content (AvgIpc) is 3.46. The smallest absolute Gasteiger partial charge is 0.359 e. The van der Waals surface area contributed by atoms with Crippen LogP contribution in [-0.4, -0.2) is 26.3 Å². The quantitative estimate of drug-likeness (QED) is 0.312. The van der Waals surface area contributed by atoms with Gasteiger partial charge in [0, 0.05) is 11.6 Å². The van der Waals surface area contributed by atoms with Gasteiger partial charge >= 0.3 is 12.4 Å². The van der Waals surface area contributed by atoms with Gasteiger partial charge in [0.2, 0.25) is 0 Å². The van der Waals surface area contributed by atoms with Crippen molar-refractivity contribution in [2.24, 2.45) is 5.10 Å². The van der Waals surface area contributed by atoms with Gasteiger partial charge in [-0.2, -0.15) is 31.4 Å². The van der Waals surface area contributed by atoms with E-state index in [0.29, 0.717) is 23.5 Å². The molecule has 2 aromatic heterocycles. The third kappa shape index (κ3) is 4.90. The number of H-pyrrole nitrogens is 1. The molecule has 0 bridgehead atoms. The zero-order chi connectivity index (χ0) is 26.5. The summed E-state index contributed by atoms with van der Waals surface area (Å²) < 4.78 is 112. The first kappa shape index (κ1) is 24.5. The Balaban J connectivity index is 1.36. The number of alkyl halides is 6. The molecule has 2 aromatic carbocycles. The Hall–Kier alpha value is -4.23. The van der Waals surface area contributed by atoms with Gasteiger partial charge in [-0.15, -0.1) is 0 Å². The minimum atomic E-state index is -5.07. The van der Waals surface area contributed by atoms with Gasteiger partial charge in [-0.3, -0.25) is 5.01 Å². The predicted octanol–water partition coefficient (Wildman–Crippen LogP) is 6.40. The zero-order valence-electron chi connectivity index (χ0n) is 18.3. The molecule has 3 heterocycles. The van der Waals surface area contributed by atoms with Crippen LogP contribution in [0.15, 0.2) is 52.1 Å². The Labute approximate surface area is 202 Å². The van der Waals surface area contributed by atoms with E-state index in [2.05, 4.69) is 20.2 Å². The van der Waals surface area contributed by atoms with E-state index in [-0.39, 0.29) is 42.0 Å². The maximum atomic E-state index is 14.1. The first-order valence-electron chi connectivity index (χ1n) is 10.5. The number of hydrazone groups is 1. The molecule has 192 valence electrons. The minimum Gasteiger partial charge on any atom is -0.359 e. The maximum absolute atomic E-state index is 14.1. The van der Waals surface area contributed by atoms with Crippen LogP contribution in [0.1, 0.15) is 28.3 Å². The van der Waals surface area contributed by atoms with E-state index in [4.69, 9.17) is 4.52 Å². The molecule has 0 radical (unpaired) electrons. The van der Waals surface area contributed by atoms with E-state index in [1.807, 2.05) is 0 Å². The first-order valence-corrected chi connectivity index (χ1v) is 10.5. The van der Waals surface area contributed by atoms with Crippen LogP contribution in [0.2, 0.25) is 0 Å². The highest BCUT2D eigenvalue weighted by molar-refractivity contribution is 5.80. The molecule has 14 heteroatoms. The SMILES string of the molecule is Fc1ccc(F)c(-c2nc3c([nH]2)CN(Cc2cc(-c4ccc(C(F)(F)F)cc4C(F)(F)F)no2)N=C3)c1. The monoisotopic (exact) mass is 527 g/mol. The standard InChI is InChI=1S/C23H13F8N5O/c24-12-2-4-17(25)15(6-12)21-33-19-8-32-36(10-20(19)34-21)9-13-7-18(35-37-13)14-3-1-11(22(26,27)28)5-16(14)23(29,30)31/h1-8H,9-10H2,(H,33,34). The number of aromatic amines is 1. The van der Waals surface area contributed by atoms with Gasteiger partial charge in [0.15, 0.2) is 5.76 Å². The lowest BCUT2D eigenvalue weighted by Gasteiger charge is -2.19. The van der Waals surface area contributed by atoms with E-state index >= 15 is 0 Å². The van der Waals surface area contributed by atoms with Gasteiger partial charge in [0.25, 0.3) is 0 Å². The molecule has 1 N–H and O–H groups in total. The number of fused-ring (bicyclic) bond motifs is 1. The molecule has 0 aliphatic carbocycles. The Morgan fingerprint density at radius 2 is 1.70 bits per heavy atom. The summed E-state index contributed by atoms with van der Waals surface area (Å²) in [4.78, 5) is 7.10. The fourth-order valence-electron chi connectivity index (χ4n) is 3.79. The van der Waals surface area contributed by atoms with Crippen molar-refractivity contribution in [3.8, 4) is 22.6 Å². The molecular weight excluding hydrogens is 514 g/mol. The maximum Gasteiger partial charge on any atom is 0.417 e. The molecule has 1 aliphatic rings. The summed E-state index contributed by atoms with van der Waals surface area (Å²) in [5, 5.41) is 9.19. The van der Waals surface area contributed by atoms with Gasteiger partial charge in [-0.25, -0.2) is 13.8 Å². The van der Waals surface area contributed by atoms with Crippen molar-refractivity contribution in [2.45, 2.75) is 25.4 Å². The predicted molar refractivity (Wildman–Crippen MR) is 113 cm³/mol. The highest BCUT2D eigenvalue weighted by Gasteiger charge is 2.39. The van der Waals surface area contributed by atoms with E-state index < -0.39 is 40.7 Å². The molecule has 0 saturated heterocycles. The highest BCUT2D eigenvalue weighted by Crippen LogP contribution is 2.40. The van der Waals surface area contributed by atoms with E-state index in [1.165, 1.54) is 17.3 Å². The van der Waals surface area contributed by atoms with Crippen molar-refractivity contribution in [3.05, 3.63) is 82.4 Å². The molecule has 37 heavy (non-hydrogen) atoms. The Bertz CT molecular complexity index is 1500. The van der Waals surface area contributed by atoms with Crippen LogP contribution in [0.4, 0.5) is 35.1 Å². The number of halogens is 8. The van der Waals surface area contributed by atoms with Crippen molar-refractivity contribution >= 4 is 6.21 Å². The van der Waals surface area contributed by atoms with E-state index in [0.717, 1.165) is 18.2 Å². The molecule has 0 spiro atoms. The lowest BCUT2D eigenvalue weighted by molar-refractivity contribution is -0.142. The van der Waals surface area contributed by atoms with Crippen molar-refractivity contribution in [2.75, 3.05) is 0 Å². The summed E-state index contributed by atoms with van der Waals surface area (Å²) in [5.74, 6) is -1.17. The van der Waals surface area contributed by atoms with Gasteiger partial charge in [-0.05, 0) is 30.3 Å². The molecule has 0 atom stereocenters. The van der Waals surface area contributed by atoms with Gasteiger partial charge < -0.3 is 9.51 Å². The normalized spacial score (nSPS) is 13.8. The van der Waals surface area contributed by atoms with Crippen LogP contribution >= 0.6 is 0 Å². The van der Waals surface area contributed by atoms with Crippen LogP contribution < -0.4 is 0 Å². The fourth-order valence-corrected chi connectivity index (χ4v) is 3.79. The number of nitrogens with one attached hydrogen (secondary N) is 1. The number of benzene rings is 2. The molecule has 4 aromatic rings. The molecule has 6 nitrogen and oxygen atoms in total. The van der Waals surface area contributed by atoms with Gasteiger partial charge in [0.1, 0.15) is 28.8 Å². The van der Waals surface area contributed by atoms with Crippen LogP contribution in [0.25, 0.3) is 22.6 Å².